The third-order valence-electron chi connectivity index (χ3n) is 1.16. The van der Waals surface area contributed by atoms with E-state index in [0.29, 0.717) is 0 Å². The molecule has 0 saturated carbocycles. The van der Waals surface area contributed by atoms with Crippen molar-refractivity contribution >= 4 is 21.6 Å². The van der Waals surface area contributed by atoms with E-state index in [9.17, 15) is 13.2 Å². The zero-order valence-corrected chi connectivity index (χ0v) is 7.32. The molecule has 0 aromatic carbocycles. The van der Waals surface area contributed by atoms with Crippen molar-refractivity contribution in [1.29, 1.82) is 0 Å². The second-order valence-electron chi connectivity index (χ2n) is 2.06. The van der Waals surface area contributed by atoms with E-state index in [1.54, 1.807) is 0 Å². The number of primary sulfonamides is 1. The van der Waals surface area contributed by atoms with Crippen LogP contribution >= 0.6 is 11.6 Å². The predicted octanol–water partition coefficient (Wildman–Crippen LogP) is -0.324. The molecule has 0 saturated heterocycles. The van der Waals surface area contributed by atoms with E-state index in [4.69, 9.17) is 16.7 Å². The normalized spacial score (nSPS) is 11.5. The molecule has 7 heteroatoms. The van der Waals surface area contributed by atoms with Crippen LogP contribution in [0.15, 0.2) is 22.0 Å². The second-order valence-corrected chi connectivity index (χ2v) is 4.03. The molecule has 0 aliphatic heterocycles. The SMILES string of the molecule is NS(=O)(=O)c1c[nH]c(=O)c(Cl)c1. The number of pyridine rings is 1. The molecule has 1 aromatic rings. The van der Waals surface area contributed by atoms with E-state index in [2.05, 4.69) is 4.98 Å². The summed E-state index contributed by atoms with van der Waals surface area (Å²) < 4.78 is 21.4. The standard InChI is InChI=1S/C5H5ClN2O3S/c6-4-1-3(12(7,10)11)2-8-5(4)9/h1-2H,(H,8,9)(H2,7,10,11). The minimum absolute atomic E-state index is 0.207. The highest BCUT2D eigenvalue weighted by atomic mass is 35.5. The Bertz CT molecular complexity index is 450. The number of hydrogen-bond acceptors (Lipinski definition) is 3. The van der Waals surface area contributed by atoms with Gasteiger partial charge in [0.2, 0.25) is 10.0 Å². The maximum absolute atomic E-state index is 10.7. The first-order chi connectivity index (χ1) is 5.41. The van der Waals surface area contributed by atoms with Crippen molar-refractivity contribution in [3.8, 4) is 0 Å². The Labute approximate surface area is 73.2 Å². The minimum Gasteiger partial charge on any atom is -0.326 e. The highest BCUT2D eigenvalue weighted by molar-refractivity contribution is 7.89. The zero-order chi connectivity index (χ0) is 9.35. The fourth-order valence-electron chi connectivity index (χ4n) is 0.602. The van der Waals surface area contributed by atoms with Crippen molar-refractivity contribution < 1.29 is 8.42 Å². The van der Waals surface area contributed by atoms with E-state index in [1.165, 1.54) is 0 Å². The summed E-state index contributed by atoms with van der Waals surface area (Å²) in [7, 11) is -3.80. The molecule has 0 atom stereocenters. The summed E-state index contributed by atoms with van der Waals surface area (Å²) in [6.07, 6.45) is 0.990. The number of hydrogen-bond donors (Lipinski definition) is 2. The van der Waals surface area contributed by atoms with Crippen LogP contribution in [0.25, 0.3) is 0 Å². The summed E-state index contributed by atoms with van der Waals surface area (Å²) in [5.41, 5.74) is -0.552. The highest BCUT2D eigenvalue weighted by Crippen LogP contribution is 2.07. The summed E-state index contributed by atoms with van der Waals surface area (Å²) in [5.74, 6) is 0. The topological polar surface area (TPSA) is 93.0 Å². The smallest absolute Gasteiger partial charge is 0.266 e. The molecule has 0 bridgehead atoms. The second kappa shape index (κ2) is 2.89. The molecule has 1 rings (SSSR count). The molecule has 0 radical (unpaired) electrons. The van der Waals surface area contributed by atoms with Gasteiger partial charge >= 0.3 is 0 Å². The molecule has 1 heterocycles. The van der Waals surface area contributed by atoms with Crippen molar-refractivity contribution in [2.45, 2.75) is 4.90 Å². The Kier molecular flexibility index (Phi) is 2.22. The summed E-state index contributed by atoms with van der Waals surface area (Å²) >= 11 is 5.36. The molecular weight excluding hydrogens is 204 g/mol. The molecule has 12 heavy (non-hydrogen) atoms. The molecule has 3 N–H and O–H groups in total. The van der Waals surface area contributed by atoms with E-state index in [1.807, 2.05) is 0 Å². The van der Waals surface area contributed by atoms with Crippen LogP contribution in [0.3, 0.4) is 0 Å². The predicted molar refractivity (Wildman–Crippen MR) is 43.4 cm³/mol. The van der Waals surface area contributed by atoms with Crippen LogP contribution in [0, 0.1) is 0 Å². The van der Waals surface area contributed by atoms with Crippen LogP contribution in [0.1, 0.15) is 0 Å². The number of sulfonamides is 1. The zero-order valence-electron chi connectivity index (χ0n) is 5.74. The lowest BCUT2D eigenvalue weighted by molar-refractivity contribution is 0.597. The maximum Gasteiger partial charge on any atom is 0.266 e. The maximum atomic E-state index is 10.7. The third kappa shape index (κ3) is 1.84. The molecule has 0 unspecified atom stereocenters. The van der Waals surface area contributed by atoms with Gasteiger partial charge in [0.1, 0.15) is 5.02 Å². The molecule has 5 nitrogen and oxygen atoms in total. The monoisotopic (exact) mass is 208 g/mol. The van der Waals surface area contributed by atoms with Crippen molar-refractivity contribution in [3.63, 3.8) is 0 Å². The van der Waals surface area contributed by atoms with Crippen molar-refractivity contribution in [3.05, 3.63) is 27.6 Å². The lowest BCUT2D eigenvalue weighted by Crippen LogP contribution is -2.15. The number of H-pyrrole nitrogens is 1. The average Bonchev–Trinajstić information content (AvgIpc) is 1.92. The lowest BCUT2D eigenvalue weighted by atomic mass is 10.5. The van der Waals surface area contributed by atoms with Gasteiger partial charge in [-0.05, 0) is 6.07 Å². The highest BCUT2D eigenvalue weighted by Gasteiger charge is 2.08. The van der Waals surface area contributed by atoms with Gasteiger partial charge in [-0.25, -0.2) is 13.6 Å². The number of nitrogens with one attached hydrogen (secondary N) is 1. The quantitative estimate of drug-likeness (QED) is 0.662. The Balaban J connectivity index is 3.43. The van der Waals surface area contributed by atoms with Gasteiger partial charge in [-0.2, -0.15) is 0 Å². The van der Waals surface area contributed by atoms with Gasteiger partial charge in [-0.3, -0.25) is 4.79 Å². The minimum atomic E-state index is -3.80. The van der Waals surface area contributed by atoms with Gasteiger partial charge in [0.15, 0.2) is 0 Å². The molecule has 0 spiro atoms. The van der Waals surface area contributed by atoms with Crippen LogP contribution in [0.5, 0.6) is 0 Å². The molecule has 0 aliphatic rings. The number of halogens is 1. The van der Waals surface area contributed by atoms with E-state index < -0.39 is 15.6 Å². The number of aromatic nitrogens is 1. The first-order valence-electron chi connectivity index (χ1n) is 2.82. The summed E-state index contributed by atoms with van der Waals surface area (Å²) in [6, 6.07) is 0.996. The number of aromatic amines is 1. The average molecular weight is 209 g/mol. The van der Waals surface area contributed by atoms with E-state index in [0.717, 1.165) is 12.3 Å². The van der Waals surface area contributed by atoms with E-state index in [-0.39, 0.29) is 9.92 Å². The molecule has 0 fully saturated rings. The molecular formula is C5H5ClN2O3S. The van der Waals surface area contributed by atoms with Gasteiger partial charge < -0.3 is 4.98 Å². The molecule has 0 aliphatic carbocycles. The summed E-state index contributed by atoms with van der Waals surface area (Å²) in [5, 5.41) is 4.56. The van der Waals surface area contributed by atoms with Crippen molar-refractivity contribution in [1.82, 2.24) is 4.98 Å². The van der Waals surface area contributed by atoms with Gasteiger partial charge in [-0.15, -0.1) is 0 Å². The fourth-order valence-corrected chi connectivity index (χ4v) is 1.34. The molecule has 0 amide bonds. The number of nitrogens with two attached hydrogens (primary N) is 1. The Hall–Kier alpha value is -0.850. The summed E-state index contributed by atoms with van der Waals surface area (Å²) in [6.45, 7) is 0. The van der Waals surface area contributed by atoms with Crippen LogP contribution in [0.2, 0.25) is 5.02 Å². The summed E-state index contributed by atoms with van der Waals surface area (Å²) in [4.78, 5) is 12.6. The van der Waals surface area contributed by atoms with E-state index >= 15 is 0 Å². The fraction of sp³-hybridized carbons (Fsp3) is 0. The van der Waals surface area contributed by atoms with Gasteiger partial charge in [-0.1, -0.05) is 11.6 Å². The van der Waals surface area contributed by atoms with Crippen LogP contribution in [0.4, 0.5) is 0 Å². The first kappa shape index (κ1) is 9.24. The Morgan fingerprint density at radius 2 is 2.08 bits per heavy atom. The van der Waals surface area contributed by atoms with Crippen LogP contribution < -0.4 is 10.7 Å². The Morgan fingerprint density at radius 3 is 2.50 bits per heavy atom. The largest absolute Gasteiger partial charge is 0.326 e. The molecule has 1 aromatic heterocycles. The third-order valence-corrected chi connectivity index (χ3v) is 2.33. The van der Waals surface area contributed by atoms with Crippen molar-refractivity contribution in [2.24, 2.45) is 5.14 Å². The van der Waals surface area contributed by atoms with Crippen LogP contribution in [-0.4, -0.2) is 13.4 Å². The lowest BCUT2D eigenvalue weighted by Gasteiger charge is -1.96. The van der Waals surface area contributed by atoms with Gasteiger partial charge in [0.05, 0.1) is 4.90 Å². The van der Waals surface area contributed by atoms with Crippen molar-refractivity contribution in [2.75, 3.05) is 0 Å². The first-order valence-corrected chi connectivity index (χ1v) is 4.75. The number of rotatable bonds is 1. The molecule has 66 valence electrons. The van der Waals surface area contributed by atoms with Gasteiger partial charge in [0, 0.05) is 6.20 Å². The Morgan fingerprint density at radius 1 is 1.50 bits per heavy atom. The van der Waals surface area contributed by atoms with Crippen LogP contribution in [-0.2, 0) is 10.0 Å². The van der Waals surface area contributed by atoms with Gasteiger partial charge in [0.25, 0.3) is 5.56 Å².